The molecule has 1 amide bonds. The van der Waals surface area contributed by atoms with Crippen molar-refractivity contribution in [1.29, 1.82) is 0 Å². The molecule has 0 bridgehead atoms. The molecule has 7 nitrogen and oxygen atoms in total. The van der Waals surface area contributed by atoms with E-state index in [0.717, 1.165) is 39.1 Å². The summed E-state index contributed by atoms with van der Waals surface area (Å²) >= 11 is 3.29. The molecule has 1 heterocycles. The Kier molecular flexibility index (Phi) is 7.19. The fourth-order valence-electron chi connectivity index (χ4n) is 3.15. The Morgan fingerprint density at radius 2 is 1.96 bits per heavy atom. The van der Waals surface area contributed by atoms with Gasteiger partial charge in [-0.1, -0.05) is 15.9 Å². The third kappa shape index (κ3) is 5.15. The Hall–Kier alpha value is -1.67. The first-order valence-electron chi connectivity index (χ1n) is 8.65. The summed E-state index contributed by atoms with van der Waals surface area (Å²) in [6, 6.07) is 5.16. The van der Waals surface area contributed by atoms with Gasteiger partial charge in [0.1, 0.15) is 5.69 Å². The molecule has 2 rings (SSSR count). The molecule has 0 aliphatic carbocycles. The predicted octanol–water partition coefficient (Wildman–Crippen LogP) is 2.74. The highest BCUT2D eigenvalue weighted by atomic mass is 79.9. The Balaban J connectivity index is 2.05. The maximum atomic E-state index is 12.3. The Morgan fingerprint density at radius 1 is 1.24 bits per heavy atom. The van der Waals surface area contributed by atoms with Crippen molar-refractivity contribution < 1.29 is 9.72 Å². The summed E-state index contributed by atoms with van der Waals surface area (Å²) in [6.45, 7) is 8.80. The van der Waals surface area contributed by atoms with Crippen molar-refractivity contribution in [2.45, 2.75) is 20.3 Å². The number of hydrogen-bond acceptors (Lipinski definition) is 5. The number of carbonyl (C=O) groups excluding carboxylic acids is 1. The van der Waals surface area contributed by atoms with E-state index in [0.29, 0.717) is 23.2 Å². The normalized spacial score (nSPS) is 15.7. The van der Waals surface area contributed by atoms with Crippen molar-refractivity contribution in [3.05, 3.63) is 32.8 Å². The van der Waals surface area contributed by atoms with E-state index in [-0.39, 0.29) is 16.5 Å². The molecule has 0 spiro atoms. The van der Waals surface area contributed by atoms with Crippen molar-refractivity contribution in [1.82, 2.24) is 9.80 Å². The van der Waals surface area contributed by atoms with Crippen LogP contribution in [0.1, 0.15) is 20.3 Å². The molecule has 1 aromatic carbocycles. The van der Waals surface area contributed by atoms with E-state index in [1.54, 1.807) is 12.1 Å². The molecule has 0 unspecified atom stereocenters. The zero-order valence-electron chi connectivity index (χ0n) is 14.8. The Labute approximate surface area is 156 Å². The van der Waals surface area contributed by atoms with Crippen molar-refractivity contribution >= 4 is 33.2 Å². The molecule has 0 radical (unpaired) electrons. The quantitative estimate of drug-likeness (QED) is 0.530. The smallest absolute Gasteiger partial charge is 0.293 e. The SMILES string of the molecule is CCN(CC)C(=O)CN1CCCN(c2ccc(Br)cc2[N+](=O)[O-])CC1. The molecule has 0 N–H and O–H groups in total. The van der Waals surface area contributed by atoms with E-state index in [2.05, 4.69) is 20.8 Å². The van der Waals surface area contributed by atoms with Crippen LogP contribution >= 0.6 is 15.9 Å². The highest BCUT2D eigenvalue weighted by Gasteiger charge is 2.24. The highest BCUT2D eigenvalue weighted by Crippen LogP contribution is 2.31. The van der Waals surface area contributed by atoms with Crippen LogP contribution in [-0.2, 0) is 4.79 Å². The van der Waals surface area contributed by atoms with Gasteiger partial charge in [0, 0.05) is 49.8 Å². The minimum Gasteiger partial charge on any atom is -0.365 e. The summed E-state index contributed by atoms with van der Waals surface area (Å²) in [4.78, 5) is 29.3. The zero-order valence-corrected chi connectivity index (χ0v) is 16.4. The maximum absolute atomic E-state index is 12.3. The molecule has 1 fully saturated rings. The van der Waals surface area contributed by atoms with Gasteiger partial charge in [-0.3, -0.25) is 19.8 Å². The second-order valence-corrected chi connectivity index (χ2v) is 6.99. The Morgan fingerprint density at radius 3 is 2.60 bits per heavy atom. The number of benzene rings is 1. The number of hydrogen-bond donors (Lipinski definition) is 0. The molecule has 1 aromatic rings. The van der Waals surface area contributed by atoms with Crippen LogP contribution in [0.15, 0.2) is 22.7 Å². The monoisotopic (exact) mass is 412 g/mol. The lowest BCUT2D eigenvalue weighted by molar-refractivity contribution is -0.384. The molecule has 0 aromatic heterocycles. The minimum atomic E-state index is -0.341. The van der Waals surface area contributed by atoms with Gasteiger partial charge in [-0.05, 0) is 32.4 Å². The lowest BCUT2D eigenvalue weighted by Crippen LogP contribution is -2.41. The van der Waals surface area contributed by atoms with Crippen molar-refractivity contribution in [3.8, 4) is 0 Å². The van der Waals surface area contributed by atoms with Crippen LogP contribution < -0.4 is 4.90 Å². The van der Waals surface area contributed by atoms with Crippen LogP contribution in [0.5, 0.6) is 0 Å². The van der Waals surface area contributed by atoms with Gasteiger partial charge in [-0.2, -0.15) is 0 Å². The van der Waals surface area contributed by atoms with Gasteiger partial charge in [0.15, 0.2) is 0 Å². The van der Waals surface area contributed by atoms with Gasteiger partial charge < -0.3 is 9.80 Å². The molecular weight excluding hydrogens is 388 g/mol. The van der Waals surface area contributed by atoms with E-state index in [1.165, 1.54) is 0 Å². The summed E-state index contributed by atoms with van der Waals surface area (Å²) < 4.78 is 0.698. The zero-order chi connectivity index (χ0) is 18.4. The van der Waals surface area contributed by atoms with Gasteiger partial charge in [0.25, 0.3) is 5.69 Å². The lowest BCUT2D eigenvalue weighted by atomic mass is 10.2. The summed E-state index contributed by atoms with van der Waals surface area (Å²) in [6.07, 6.45) is 0.874. The van der Waals surface area contributed by atoms with Gasteiger partial charge >= 0.3 is 0 Å². The molecule has 8 heteroatoms. The molecule has 1 aliphatic rings. The average Bonchev–Trinajstić information content (AvgIpc) is 2.81. The van der Waals surface area contributed by atoms with Gasteiger partial charge in [-0.15, -0.1) is 0 Å². The lowest BCUT2D eigenvalue weighted by Gasteiger charge is -2.25. The number of likely N-dealkylation sites (N-methyl/N-ethyl adjacent to an activating group) is 1. The first-order valence-corrected chi connectivity index (χ1v) is 9.44. The summed E-state index contributed by atoms with van der Waals surface area (Å²) in [5, 5.41) is 11.4. The van der Waals surface area contributed by atoms with E-state index >= 15 is 0 Å². The van der Waals surface area contributed by atoms with Crippen LogP contribution in [0, 0.1) is 10.1 Å². The fraction of sp³-hybridized carbons (Fsp3) is 0.588. The molecule has 1 saturated heterocycles. The second kappa shape index (κ2) is 9.15. The number of nitro groups is 1. The van der Waals surface area contributed by atoms with Gasteiger partial charge in [-0.25, -0.2) is 0 Å². The number of anilines is 1. The standard InChI is InChI=1S/C17H25BrN4O3/c1-3-20(4-2)17(23)13-19-8-5-9-21(11-10-19)15-7-6-14(18)12-16(15)22(24)25/h6-7,12H,3-5,8-11,13H2,1-2H3. The van der Waals surface area contributed by atoms with Crippen LogP contribution in [0.3, 0.4) is 0 Å². The third-order valence-electron chi connectivity index (χ3n) is 4.54. The summed E-state index contributed by atoms with van der Waals surface area (Å²) in [5.74, 6) is 0.146. The first-order chi connectivity index (χ1) is 12.0. The average molecular weight is 413 g/mol. The molecule has 0 atom stereocenters. The molecule has 0 saturated carbocycles. The highest BCUT2D eigenvalue weighted by molar-refractivity contribution is 9.10. The topological polar surface area (TPSA) is 69.9 Å². The first kappa shape index (κ1) is 19.7. The number of rotatable bonds is 6. The van der Waals surface area contributed by atoms with E-state index in [1.807, 2.05) is 29.7 Å². The molecule has 138 valence electrons. The molecule has 25 heavy (non-hydrogen) atoms. The van der Waals surface area contributed by atoms with Crippen LogP contribution in [0.4, 0.5) is 11.4 Å². The van der Waals surface area contributed by atoms with E-state index in [9.17, 15) is 14.9 Å². The summed E-state index contributed by atoms with van der Waals surface area (Å²) in [7, 11) is 0. The molecule has 1 aliphatic heterocycles. The number of nitrogens with zero attached hydrogens (tertiary/aromatic N) is 4. The van der Waals surface area contributed by atoms with Crippen LogP contribution in [0.2, 0.25) is 0 Å². The largest absolute Gasteiger partial charge is 0.365 e. The maximum Gasteiger partial charge on any atom is 0.293 e. The number of nitro benzene ring substituents is 1. The predicted molar refractivity (Wildman–Crippen MR) is 102 cm³/mol. The third-order valence-corrected chi connectivity index (χ3v) is 5.03. The van der Waals surface area contributed by atoms with Crippen LogP contribution in [-0.4, -0.2) is 66.4 Å². The fourth-order valence-corrected chi connectivity index (χ4v) is 3.50. The number of amides is 1. The van der Waals surface area contributed by atoms with Gasteiger partial charge in [0.2, 0.25) is 5.91 Å². The number of carbonyl (C=O) groups is 1. The Bertz CT molecular complexity index is 622. The van der Waals surface area contributed by atoms with Crippen LogP contribution in [0.25, 0.3) is 0 Å². The van der Waals surface area contributed by atoms with Gasteiger partial charge in [0.05, 0.1) is 11.5 Å². The van der Waals surface area contributed by atoms with Crippen molar-refractivity contribution in [3.63, 3.8) is 0 Å². The van der Waals surface area contributed by atoms with E-state index < -0.39 is 0 Å². The summed E-state index contributed by atoms with van der Waals surface area (Å²) in [5.41, 5.74) is 0.757. The van der Waals surface area contributed by atoms with Crippen molar-refractivity contribution in [2.75, 3.05) is 50.7 Å². The van der Waals surface area contributed by atoms with Crippen molar-refractivity contribution in [2.24, 2.45) is 0 Å². The van der Waals surface area contributed by atoms with E-state index in [4.69, 9.17) is 0 Å². The minimum absolute atomic E-state index is 0.113. The second-order valence-electron chi connectivity index (χ2n) is 6.07. The number of halogens is 1. The molecular formula is C17H25BrN4O3.